The summed E-state index contributed by atoms with van der Waals surface area (Å²) in [6.45, 7) is 8.90. The highest BCUT2D eigenvalue weighted by molar-refractivity contribution is 9.26. The zero-order chi connectivity index (χ0) is 12.6. The molecule has 0 saturated carbocycles. The van der Waals surface area contributed by atoms with Gasteiger partial charge in [0.2, 0.25) is 0 Å². The third kappa shape index (κ3) is 10.4. The minimum absolute atomic E-state index is 0.0136. The maximum absolute atomic E-state index is 10.9. The third-order valence-electron chi connectivity index (χ3n) is 2.37. The average molecular weight is 307 g/mol. The van der Waals surface area contributed by atoms with Crippen molar-refractivity contribution in [3.05, 3.63) is 12.7 Å². The molecule has 1 atom stereocenters. The zero-order valence-electron chi connectivity index (χ0n) is 10.6. The van der Waals surface area contributed by atoms with Crippen LogP contribution >= 0.6 is 15.3 Å². The predicted molar refractivity (Wildman–Crippen MR) is 75.4 cm³/mol. The number of ether oxygens (including phenoxy) is 1. The van der Waals surface area contributed by atoms with Crippen molar-refractivity contribution in [3.63, 3.8) is 0 Å². The Hall–Kier alpha value is -0.0931. The fraction of sp³-hybridized carbons (Fsp3) is 0.750. The van der Waals surface area contributed by atoms with Gasteiger partial charge in [0.1, 0.15) is 6.69 Å². The van der Waals surface area contributed by atoms with Gasteiger partial charge in [-0.1, -0.05) is 32.5 Å². The third-order valence-corrected chi connectivity index (χ3v) is 5.10. The maximum Gasteiger partial charge on any atom is 0.330 e. The summed E-state index contributed by atoms with van der Waals surface area (Å²) in [5.74, 6) is -0.318. The van der Waals surface area contributed by atoms with E-state index < -0.39 is 6.69 Å². The molecule has 1 unspecified atom stereocenters. The van der Waals surface area contributed by atoms with E-state index in [1.807, 2.05) is 6.92 Å². The molecule has 0 aliphatic carbocycles. The highest BCUT2D eigenvalue weighted by Crippen LogP contribution is 2.21. The van der Waals surface area contributed by atoms with Gasteiger partial charge in [0.05, 0.1) is 6.10 Å². The number of unbranched alkanes of at least 4 members (excludes halogenated alkanes) is 2. The van der Waals surface area contributed by atoms with Gasteiger partial charge in [-0.2, -0.15) is 0 Å². The van der Waals surface area contributed by atoms with E-state index in [1.165, 1.54) is 25.0 Å². The highest BCUT2D eigenvalue weighted by Gasteiger charge is 2.14. The van der Waals surface area contributed by atoms with E-state index in [1.54, 1.807) is 0 Å². The average Bonchev–Trinajstić information content (AvgIpc) is 2.15. The molecule has 4 heteroatoms. The van der Waals surface area contributed by atoms with Crippen molar-refractivity contribution < 1.29 is 9.53 Å². The van der Waals surface area contributed by atoms with Crippen LogP contribution in [-0.2, 0) is 9.53 Å². The first kappa shape index (κ1) is 15.9. The van der Waals surface area contributed by atoms with Crippen molar-refractivity contribution in [2.75, 3.05) is 0 Å². The topological polar surface area (TPSA) is 26.3 Å². The van der Waals surface area contributed by atoms with Gasteiger partial charge < -0.3 is 4.74 Å². The molecule has 0 aromatic heterocycles. The van der Waals surface area contributed by atoms with Gasteiger partial charge in [0.25, 0.3) is 0 Å². The first-order valence-electron chi connectivity index (χ1n) is 5.87. The molecule has 0 radical (unpaired) electrons. The molecule has 0 aliphatic rings. The minimum Gasteiger partial charge on any atom is -0.460 e. The molecule has 0 fully saturated rings. The summed E-state index contributed by atoms with van der Waals surface area (Å²) >= 11 is 3.76. The number of carbonyl (C=O) groups is 1. The quantitative estimate of drug-likeness (QED) is 0.220. The Morgan fingerprint density at radius 3 is 2.56 bits per heavy atom. The lowest BCUT2D eigenvalue weighted by Crippen LogP contribution is -2.15. The number of halogens is 1. The lowest BCUT2D eigenvalue weighted by molar-refractivity contribution is -0.142. The van der Waals surface area contributed by atoms with E-state index in [4.69, 9.17) is 4.74 Å². The SMILES string of the molecule is C=CC(=O)OC(C)CCCCC[Si](C)(C)Br. The van der Waals surface area contributed by atoms with Gasteiger partial charge >= 0.3 is 5.97 Å². The molecule has 0 heterocycles. The van der Waals surface area contributed by atoms with Gasteiger partial charge in [0, 0.05) is 6.08 Å². The Kier molecular flexibility index (Phi) is 8.02. The van der Waals surface area contributed by atoms with Crippen molar-refractivity contribution >= 4 is 28.0 Å². The lowest BCUT2D eigenvalue weighted by Gasteiger charge is -2.14. The minimum atomic E-state index is -1.05. The van der Waals surface area contributed by atoms with Gasteiger partial charge in [-0.25, -0.2) is 4.79 Å². The van der Waals surface area contributed by atoms with Crippen molar-refractivity contribution in [1.29, 1.82) is 0 Å². The summed E-state index contributed by atoms with van der Waals surface area (Å²) in [6.07, 6.45) is 5.80. The van der Waals surface area contributed by atoms with Crippen LogP contribution in [0.5, 0.6) is 0 Å². The fourth-order valence-electron chi connectivity index (χ4n) is 1.46. The van der Waals surface area contributed by atoms with Gasteiger partial charge in [0.15, 0.2) is 0 Å². The van der Waals surface area contributed by atoms with Crippen LogP contribution in [0.25, 0.3) is 0 Å². The molecule has 0 spiro atoms. The molecule has 94 valence electrons. The summed E-state index contributed by atoms with van der Waals surface area (Å²) in [4.78, 5) is 10.9. The molecule has 0 bridgehead atoms. The Labute approximate surface area is 108 Å². The van der Waals surface area contributed by atoms with E-state index in [9.17, 15) is 4.79 Å². The Balaban J connectivity index is 3.45. The summed E-state index contributed by atoms with van der Waals surface area (Å²) in [5, 5.41) is 0. The second-order valence-corrected chi connectivity index (χ2v) is 15.1. The van der Waals surface area contributed by atoms with Gasteiger partial charge in [-0.05, 0) is 25.8 Å². The first-order chi connectivity index (χ1) is 7.35. The number of rotatable bonds is 8. The fourth-order valence-corrected chi connectivity index (χ4v) is 3.39. The standard InChI is InChI=1S/C12H23BrO2Si/c1-5-12(14)15-11(2)9-7-6-8-10-16(3,4)13/h5,11H,1,6-10H2,2-4H3. The summed E-state index contributed by atoms with van der Waals surface area (Å²) < 4.78 is 5.09. The molecule has 0 amide bonds. The lowest BCUT2D eigenvalue weighted by atomic mass is 10.1. The molecular formula is C12H23BrO2Si. The van der Waals surface area contributed by atoms with Crippen LogP contribution in [0.3, 0.4) is 0 Å². The van der Waals surface area contributed by atoms with Crippen molar-refractivity contribution in [2.24, 2.45) is 0 Å². The molecule has 0 aromatic rings. The number of hydrogen-bond acceptors (Lipinski definition) is 2. The van der Waals surface area contributed by atoms with Crippen LogP contribution in [-0.4, -0.2) is 18.8 Å². The molecule has 16 heavy (non-hydrogen) atoms. The largest absolute Gasteiger partial charge is 0.460 e. The molecular weight excluding hydrogens is 284 g/mol. The van der Waals surface area contributed by atoms with Crippen LogP contribution in [0.2, 0.25) is 19.1 Å². The van der Waals surface area contributed by atoms with Crippen LogP contribution < -0.4 is 0 Å². The Morgan fingerprint density at radius 2 is 2.06 bits per heavy atom. The van der Waals surface area contributed by atoms with E-state index in [2.05, 4.69) is 35.0 Å². The van der Waals surface area contributed by atoms with Gasteiger partial charge in [-0.15, -0.1) is 15.3 Å². The van der Waals surface area contributed by atoms with Crippen molar-refractivity contribution in [3.8, 4) is 0 Å². The van der Waals surface area contributed by atoms with Crippen LogP contribution in [0, 0.1) is 0 Å². The van der Waals surface area contributed by atoms with Crippen LogP contribution in [0.1, 0.15) is 32.6 Å². The van der Waals surface area contributed by atoms with E-state index in [0.29, 0.717) is 0 Å². The predicted octanol–water partition coefficient (Wildman–Crippen LogP) is 4.26. The maximum atomic E-state index is 10.9. The van der Waals surface area contributed by atoms with E-state index >= 15 is 0 Å². The molecule has 0 aliphatic heterocycles. The number of carbonyl (C=O) groups excluding carboxylic acids is 1. The second kappa shape index (κ2) is 8.07. The molecule has 0 aromatic carbocycles. The highest BCUT2D eigenvalue weighted by atomic mass is 79.9. The molecule has 2 nitrogen and oxygen atoms in total. The van der Waals surface area contributed by atoms with Crippen LogP contribution in [0.15, 0.2) is 12.7 Å². The van der Waals surface area contributed by atoms with Crippen LogP contribution in [0.4, 0.5) is 0 Å². The van der Waals surface area contributed by atoms with E-state index in [-0.39, 0.29) is 12.1 Å². The molecule has 0 rings (SSSR count). The van der Waals surface area contributed by atoms with Gasteiger partial charge in [-0.3, -0.25) is 0 Å². The summed E-state index contributed by atoms with van der Waals surface area (Å²) in [5.41, 5.74) is 0. The Bertz CT molecular complexity index is 224. The van der Waals surface area contributed by atoms with Crippen molar-refractivity contribution in [1.82, 2.24) is 0 Å². The summed E-state index contributed by atoms with van der Waals surface area (Å²) in [6, 6.07) is 1.31. The molecule has 0 N–H and O–H groups in total. The number of hydrogen-bond donors (Lipinski definition) is 0. The Morgan fingerprint density at radius 1 is 1.44 bits per heavy atom. The first-order valence-corrected chi connectivity index (χ1v) is 11.3. The number of esters is 1. The monoisotopic (exact) mass is 306 g/mol. The summed E-state index contributed by atoms with van der Waals surface area (Å²) in [7, 11) is 0. The normalized spacial score (nSPS) is 13.2. The zero-order valence-corrected chi connectivity index (χ0v) is 13.2. The van der Waals surface area contributed by atoms with E-state index in [0.717, 1.165) is 12.8 Å². The smallest absolute Gasteiger partial charge is 0.330 e. The van der Waals surface area contributed by atoms with Crippen molar-refractivity contribution in [2.45, 2.75) is 57.8 Å². The molecule has 0 saturated heterocycles. The second-order valence-electron chi connectivity index (χ2n) is 4.77.